The quantitative estimate of drug-likeness (QED) is 0.927. The van der Waals surface area contributed by atoms with Crippen molar-refractivity contribution in [1.82, 2.24) is 9.97 Å². The van der Waals surface area contributed by atoms with Gasteiger partial charge in [-0.2, -0.15) is 0 Å². The number of hydrogen-bond acceptors (Lipinski definition) is 4. The van der Waals surface area contributed by atoms with Crippen LogP contribution >= 0.6 is 0 Å². The van der Waals surface area contributed by atoms with Gasteiger partial charge in [0.05, 0.1) is 17.7 Å². The smallest absolute Gasteiger partial charge is 0.139 e. The van der Waals surface area contributed by atoms with Crippen LogP contribution in [-0.4, -0.2) is 28.3 Å². The molecule has 2 aromatic rings. The zero-order chi connectivity index (χ0) is 13.8. The van der Waals surface area contributed by atoms with E-state index in [1.165, 1.54) is 5.56 Å². The summed E-state index contributed by atoms with van der Waals surface area (Å²) in [6.45, 7) is 1.36. The molecule has 0 saturated carbocycles. The van der Waals surface area contributed by atoms with Gasteiger partial charge >= 0.3 is 0 Å². The third-order valence-corrected chi connectivity index (χ3v) is 3.98. The Morgan fingerprint density at radius 1 is 1.10 bits per heavy atom. The molecule has 4 heteroatoms. The van der Waals surface area contributed by atoms with Crippen molar-refractivity contribution in [2.45, 2.75) is 24.9 Å². The molecule has 1 N–H and O–H groups in total. The fourth-order valence-electron chi connectivity index (χ4n) is 2.83. The van der Waals surface area contributed by atoms with Crippen LogP contribution in [0.4, 0.5) is 0 Å². The van der Waals surface area contributed by atoms with Gasteiger partial charge in [-0.25, -0.2) is 9.97 Å². The standard InChI is InChI=1S/C16H18N2O2/c19-12-14-6-9-17-15(18-14)16(7-10-20-11-8-16)13-4-2-1-3-5-13/h1-6,9,19H,7-8,10-12H2. The first-order valence-electron chi connectivity index (χ1n) is 6.92. The Morgan fingerprint density at radius 3 is 2.55 bits per heavy atom. The van der Waals surface area contributed by atoms with Gasteiger partial charge in [0.15, 0.2) is 0 Å². The SMILES string of the molecule is OCc1ccnc(C2(c3ccccc3)CCOCC2)n1. The summed E-state index contributed by atoms with van der Waals surface area (Å²) in [4.78, 5) is 9.03. The minimum Gasteiger partial charge on any atom is -0.390 e. The molecule has 1 aromatic heterocycles. The van der Waals surface area contributed by atoms with Crippen molar-refractivity contribution in [1.29, 1.82) is 0 Å². The molecule has 0 amide bonds. The maximum absolute atomic E-state index is 9.30. The molecular weight excluding hydrogens is 252 g/mol. The van der Waals surface area contributed by atoms with Gasteiger partial charge in [0.25, 0.3) is 0 Å². The molecule has 104 valence electrons. The number of rotatable bonds is 3. The molecule has 0 unspecified atom stereocenters. The maximum atomic E-state index is 9.30. The maximum Gasteiger partial charge on any atom is 0.139 e. The Labute approximate surface area is 118 Å². The molecule has 1 fully saturated rings. The van der Waals surface area contributed by atoms with Crippen molar-refractivity contribution in [3.05, 3.63) is 59.7 Å². The Bertz CT molecular complexity index is 566. The average Bonchev–Trinajstić information content (AvgIpc) is 2.56. The Hall–Kier alpha value is -1.78. The van der Waals surface area contributed by atoms with E-state index in [-0.39, 0.29) is 12.0 Å². The van der Waals surface area contributed by atoms with E-state index in [4.69, 9.17) is 4.74 Å². The normalized spacial score (nSPS) is 17.9. The first kappa shape index (κ1) is 13.2. The number of aliphatic hydroxyl groups is 1. The molecule has 1 aliphatic heterocycles. The third kappa shape index (κ3) is 2.32. The summed E-state index contributed by atoms with van der Waals surface area (Å²) in [6.07, 6.45) is 3.46. The van der Waals surface area contributed by atoms with E-state index in [0.29, 0.717) is 18.9 Å². The minimum absolute atomic E-state index is 0.0586. The van der Waals surface area contributed by atoms with Gasteiger partial charge < -0.3 is 9.84 Å². The monoisotopic (exact) mass is 270 g/mol. The lowest BCUT2D eigenvalue weighted by molar-refractivity contribution is 0.0603. The molecule has 20 heavy (non-hydrogen) atoms. The summed E-state index contributed by atoms with van der Waals surface area (Å²) in [5.41, 5.74) is 1.68. The van der Waals surface area contributed by atoms with Crippen LogP contribution in [0.15, 0.2) is 42.6 Å². The van der Waals surface area contributed by atoms with Crippen LogP contribution in [0.1, 0.15) is 29.9 Å². The van der Waals surface area contributed by atoms with Crippen LogP contribution in [-0.2, 0) is 16.8 Å². The fraction of sp³-hybridized carbons (Fsp3) is 0.375. The summed E-state index contributed by atoms with van der Waals surface area (Å²) >= 11 is 0. The van der Waals surface area contributed by atoms with E-state index in [1.54, 1.807) is 12.3 Å². The second-order valence-corrected chi connectivity index (χ2v) is 5.09. The van der Waals surface area contributed by atoms with Gasteiger partial charge in [0, 0.05) is 19.4 Å². The lowest BCUT2D eigenvalue weighted by Crippen LogP contribution is -2.37. The van der Waals surface area contributed by atoms with Crippen molar-refractivity contribution in [3.63, 3.8) is 0 Å². The zero-order valence-electron chi connectivity index (χ0n) is 11.3. The Balaban J connectivity index is 2.10. The molecule has 3 rings (SSSR count). The third-order valence-electron chi connectivity index (χ3n) is 3.98. The molecule has 0 aliphatic carbocycles. The second-order valence-electron chi connectivity index (χ2n) is 5.09. The highest BCUT2D eigenvalue weighted by atomic mass is 16.5. The summed E-state index contributed by atoms with van der Waals surface area (Å²) in [5.74, 6) is 0.790. The molecule has 0 radical (unpaired) electrons. The van der Waals surface area contributed by atoms with Crippen molar-refractivity contribution >= 4 is 0 Å². The van der Waals surface area contributed by atoms with E-state index in [1.807, 2.05) is 18.2 Å². The fourth-order valence-corrected chi connectivity index (χ4v) is 2.83. The molecular formula is C16H18N2O2. The Kier molecular flexibility index (Phi) is 3.76. The van der Waals surface area contributed by atoms with Gasteiger partial charge in [0.2, 0.25) is 0 Å². The molecule has 0 atom stereocenters. The topological polar surface area (TPSA) is 55.2 Å². The molecule has 1 saturated heterocycles. The number of aliphatic hydroxyl groups excluding tert-OH is 1. The second kappa shape index (κ2) is 5.69. The lowest BCUT2D eigenvalue weighted by atomic mass is 9.73. The number of aromatic nitrogens is 2. The first-order chi connectivity index (χ1) is 9.85. The average molecular weight is 270 g/mol. The molecule has 2 heterocycles. The molecule has 1 aromatic carbocycles. The highest BCUT2D eigenvalue weighted by Crippen LogP contribution is 2.39. The molecule has 4 nitrogen and oxygen atoms in total. The van der Waals surface area contributed by atoms with Crippen LogP contribution in [0.3, 0.4) is 0 Å². The summed E-state index contributed by atoms with van der Waals surface area (Å²) in [6, 6.07) is 12.1. The first-order valence-corrected chi connectivity index (χ1v) is 6.92. The van der Waals surface area contributed by atoms with E-state index < -0.39 is 0 Å². The van der Waals surface area contributed by atoms with E-state index in [2.05, 4.69) is 22.1 Å². The van der Waals surface area contributed by atoms with Gasteiger partial charge in [-0.15, -0.1) is 0 Å². The van der Waals surface area contributed by atoms with Crippen molar-refractivity contribution < 1.29 is 9.84 Å². The largest absolute Gasteiger partial charge is 0.390 e. The number of hydrogen-bond donors (Lipinski definition) is 1. The van der Waals surface area contributed by atoms with Gasteiger partial charge in [-0.1, -0.05) is 30.3 Å². The van der Waals surface area contributed by atoms with Crippen molar-refractivity contribution in [2.24, 2.45) is 0 Å². The Morgan fingerprint density at radius 2 is 1.85 bits per heavy atom. The molecule has 1 aliphatic rings. The van der Waals surface area contributed by atoms with Crippen LogP contribution < -0.4 is 0 Å². The highest BCUT2D eigenvalue weighted by Gasteiger charge is 2.38. The van der Waals surface area contributed by atoms with E-state index in [9.17, 15) is 5.11 Å². The van der Waals surface area contributed by atoms with Gasteiger partial charge in [-0.3, -0.25) is 0 Å². The number of ether oxygens (including phenoxy) is 1. The summed E-state index contributed by atoms with van der Waals surface area (Å²) < 4.78 is 5.52. The molecule has 0 spiro atoms. The minimum atomic E-state index is -0.204. The van der Waals surface area contributed by atoms with E-state index in [0.717, 1.165) is 18.7 Å². The van der Waals surface area contributed by atoms with Crippen LogP contribution in [0.5, 0.6) is 0 Å². The summed E-state index contributed by atoms with van der Waals surface area (Å²) in [5, 5.41) is 9.30. The van der Waals surface area contributed by atoms with Gasteiger partial charge in [-0.05, 0) is 24.5 Å². The van der Waals surface area contributed by atoms with Gasteiger partial charge in [0.1, 0.15) is 5.82 Å². The molecule has 0 bridgehead atoms. The number of benzene rings is 1. The predicted octanol–water partition coefficient (Wildman–Crippen LogP) is 2.07. The van der Waals surface area contributed by atoms with Crippen LogP contribution in [0, 0.1) is 0 Å². The summed E-state index contributed by atoms with van der Waals surface area (Å²) in [7, 11) is 0. The van der Waals surface area contributed by atoms with Crippen LogP contribution in [0.25, 0.3) is 0 Å². The predicted molar refractivity (Wildman–Crippen MR) is 75.2 cm³/mol. The van der Waals surface area contributed by atoms with Crippen LogP contribution in [0.2, 0.25) is 0 Å². The zero-order valence-corrected chi connectivity index (χ0v) is 11.3. The van der Waals surface area contributed by atoms with Crippen molar-refractivity contribution in [3.8, 4) is 0 Å². The number of nitrogens with zero attached hydrogens (tertiary/aromatic N) is 2. The highest BCUT2D eigenvalue weighted by molar-refractivity contribution is 5.33. The van der Waals surface area contributed by atoms with E-state index >= 15 is 0 Å². The van der Waals surface area contributed by atoms with Crippen molar-refractivity contribution in [2.75, 3.05) is 13.2 Å². The lowest BCUT2D eigenvalue weighted by Gasteiger charge is -2.36.